The maximum Gasteiger partial charge on any atom is 0.471 e. The van der Waals surface area contributed by atoms with Gasteiger partial charge in [0, 0.05) is 24.4 Å². The quantitative estimate of drug-likeness (QED) is 0.352. The van der Waals surface area contributed by atoms with Crippen LogP contribution in [0.3, 0.4) is 0 Å². The smallest absolute Gasteiger partial charge is 0.329 e. The molecule has 0 bridgehead atoms. The molecule has 0 saturated heterocycles. The molecule has 2 aromatic heterocycles. The Morgan fingerprint density at radius 3 is 2.27 bits per heavy atom. The van der Waals surface area contributed by atoms with Crippen LogP contribution in [0, 0.1) is 0 Å². The molecule has 2 aromatic carbocycles. The van der Waals surface area contributed by atoms with Gasteiger partial charge in [0.15, 0.2) is 0 Å². The number of alkyl halides is 6. The lowest BCUT2D eigenvalue weighted by Gasteiger charge is -2.24. The van der Waals surface area contributed by atoms with Crippen molar-refractivity contribution in [3.8, 4) is 11.4 Å². The van der Waals surface area contributed by atoms with Gasteiger partial charge in [0.25, 0.3) is 11.5 Å². The summed E-state index contributed by atoms with van der Waals surface area (Å²) in [6.45, 7) is -0.231. The predicted octanol–water partition coefficient (Wildman–Crippen LogP) is 4.71. The summed E-state index contributed by atoms with van der Waals surface area (Å²) in [5.41, 5.74) is -1.16. The van der Waals surface area contributed by atoms with E-state index >= 15 is 0 Å². The van der Waals surface area contributed by atoms with Gasteiger partial charge in [0.05, 0.1) is 12.1 Å². The van der Waals surface area contributed by atoms with Crippen molar-refractivity contribution in [2.75, 3.05) is 4.90 Å². The topological polar surface area (TPSA) is 94.1 Å². The Hall–Kier alpha value is -4.49. The number of halogens is 6. The Labute approximate surface area is 203 Å². The number of carbonyl (C=O) groups excluding carboxylic acids is 1. The van der Waals surface area contributed by atoms with Crippen LogP contribution >= 0.6 is 0 Å². The van der Waals surface area contributed by atoms with Gasteiger partial charge in [-0.2, -0.15) is 36.4 Å². The molecule has 0 aliphatic heterocycles. The van der Waals surface area contributed by atoms with Crippen molar-refractivity contribution in [2.24, 2.45) is 7.05 Å². The highest BCUT2D eigenvalue weighted by molar-refractivity contribution is 6.04. The zero-order chi connectivity index (χ0) is 27.0. The van der Waals surface area contributed by atoms with Crippen molar-refractivity contribution in [3.05, 3.63) is 93.7 Å². The standard InChI is InChI=1S/C23H15F6N5O3/c1-33-18(35)10-9-17(31-33)20(36)34(16-4-2-3-15(11-16)22(24,25)26)12-13-5-7-14(8-6-13)19-30-21(37-32-19)23(27,28)29/h2-11H,12H2,1H3. The molecule has 0 atom stereocenters. The third-order valence-electron chi connectivity index (χ3n) is 5.13. The zero-order valence-electron chi connectivity index (χ0n) is 18.7. The van der Waals surface area contributed by atoms with Crippen LogP contribution < -0.4 is 10.5 Å². The van der Waals surface area contributed by atoms with Crippen LogP contribution in [0.5, 0.6) is 0 Å². The van der Waals surface area contributed by atoms with E-state index in [1.807, 2.05) is 0 Å². The van der Waals surface area contributed by atoms with Crippen molar-refractivity contribution < 1.29 is 35.7 Å². The van der Waals surface area contributed by atoms with Gasteiger partial charge in [-0.05, 0) is 29.8 Å². The molecule has 37 heavy (non-hydrogen) atoms. The van der Waals surface area contributed by atoms with E-state index < -0.39 is 35.3 Å². The largest absolute Gasteiger partial charge is 0.471 e. The summed E-state index contributed by atoms with van der Waals surface area (Å²) in [4.78, 5) is 29.3. The number of benzene rings is 2. The molecule has 4 rings (SSSR count). The Kier molecular flexibility index (Phi) is 6.59. The monoisotopic (exact) mass is 523 g/mol. The number of carbonyl (C=O) groups is 1. The fourth-order valence-electron chi connectivity index (χ4n) is 3.28. The van der Waals surface area contributed by atoms with E-state index in [4.69, 9.17) is 0 Å². The molecule has 2 heterocycles. The third-order valence-corrected chi connectivity index (χ3v) is 5.13. The van der Waals surface area contributed by atoms with Crippen molar-refractivity contribution in [3.63, 3.8) is 0 Å². The number of rotatable bonds is 5. The number of hydrogen-bond donors (Lipinski definition) is 0. The van der Waals surface area contributed by atoms with Gasteiger partial charge in [-0.1, -0.05) is 35.5 Å². The van der Waals surface area contributed by atoms with E-state index in [1.165, 1.54) is 37.4 Å². The van der Waals surface area contributed by atoms with Gasteiger partial charge in [-0.3, -0.25) is 9.59 Å². The average molecular weight is 523 g/mol. The van der Waals surface area contributed by atoms with Gasteiger partial charge in [0.1, 0.15) is 5.69 Å². The maximum atomic E-state index is 13.3. The second kappa shape index (κ2) is 9.52. The highest BCUT2D eigenvalue weighted by Gasteiger charge is 2.38. The Bertz CT molecular complexity index is 1490. The molecule has 4 aromatic rings. The van der Waals surface area contributed by atoms with Gasteiger partial charge < -0.3 is 9.42 Å². The summed E-state index contributed by atoms with van der Waals surface area (Å²) in [7, 11) is 1.31. The Morgan fingerprint density at radius 1 is 0.973 bits per heavy atom. The summed E-state index contributed by atoms with van der Waals surface area (Å²) in [5, 5.41) is 7.17. The van der Waals surface area contributed by atoms with Gasteiger partial charge in [-0.25, -0.2) is 4.68 Å². The molecular formula is C23H15F6N5O3. The Morgan fingerprint density at radius 2 is 1.68 bits per heavy atom. The third kappa shape index (κ3) is 5.68. The van der Waals surface area contributed by atoms with E-state index in [1.54, 1.807) is 0 Å². The first-order valence-electron chi connectivity index (χ1n) is 10.4. The minimum Gasteiger partial charge on any atom is -0.329 e. The summed E-state index contributed by atoms with van der Waals surface area (Å²) in [6.07, 6.45) is -9.48. The first-order valence-corrected chi connectivity index (χ1v) is 10.4. The SMILES string of the molecule is Cn1nc(C(=O)N(Cc2ccc(-c3noc(C(F)(F)F)n3)cc2)c2cccc(C(F)(F)F)c2)ccc1=O. The van der Waals surface area contributed by atoms with Crippen LogP contribution in [-0.2, 0) is 25.9 Å². The molecule has 0 radical (unpaired) electrons. The number of hydrogen-bond acceptors (Lipinski definition) is 6. The molecule has 0 aliphatic carbocycles. The van der Waals surface area contributed by atoms with Gasteiger partial charge in [-0.15, -0.1) is 0 Å². The predicted molar refractivity (Wildman–Crippen MR) is 116 cm³/mol. The zero-order valence-corrected chi connectivity index (χ0v) is 18.7. The summed E-state index contributed by atoms with van der Waals surface area (Å²) >= 11 is 0. The van der Waals surface area contributed by atoms with Crippen molar-refractivity contribution >= 4 is 11.6 Å². The van der Waals surface area contributed by atoms with Gasteiger partial charge >= 0.3 is 18.2 Å². The first-order chi connectivity index (χ1) is 17.3. The number of aromatic nitrogens is 4. The van der Waals surface area contributed by atoms with Crippen LogP contribution in [0.4, 0.5) is 32.0 Å². The van der Waals surface area contributed by atoms with Crippen LogP contribution in [0.25, 0.3) is 11.4 Å². The summed E-state index contributed by atoms with van der Waals surface area (Å²) in [5.74, 6) is -2.62. The number of anilines is 1. The minimum absolute atomic E-state index is 0.0902. The van der Waals surface area contributed by atoms with Crippen LogP contribution in [0.15, 0.2) is 70.0 Å². The van der Waals surface area contributed by atoms with Crippen molar-refractivity contribution in [2.45, 2.75) is 18.9 Å². The number of amides is 1. The van der Waals surface area contributed by atoms with Crippen LogP contribution in [0.2, 0.25) is 0 Å². The molecule has 0 N–H and O–H groups in total. The minimum atomic E-state index is -4.81. The first kappa shape index (κ1) is 25.6. The second-order valence-electron chi connectivity index (χ2n) is 7.74. The molecule has 1 amide bonds. The van der Waals surface area contributed by atoms with E-state index in [-0.39, 0.29) is 29.3 Å². The van der Waals surface area contributed by atoms with E-state index in [2.05, 4.69) is 19.8 Å². The molecule has 0 saturated carbocycles. The highest BCUT2D eigenvalue weighted by atomic mass is 19.4. The van der Waals surface area contributed by atoms with Crippen molar-refractivity contribution in [1.82, 2.24) is 19.9 Å². The Balaban J connectivity index is 1.68. The molecule has 0 fully saturated rings. The lowest BCUT2D eigenvalue weighted by molar-refractivity contribution is -0.159. The van der Waals surface area contributed by atoms with E-state index in [9.17, 15) is 35.9 Å². The normalized spacial score (nSPS) is 12.0. The molecule has 0 unspecified atom stereocenters. The fraction of sp³-hybridized carbons (Fsp3) is 0.174. The molecule has 14 heteroatoms. The molecular weight excluding hydrogens is 508 g/mol. The van der Waals surface area contributed by atoms with E-state index in [0.717, 1.165) is 39.9 Å². The average Bonchev–Trinajstić information content (AvgIpc) is 3.35. The molecule has 192 valence electrons. The molecule has 8 nitrogen and oxygen atoms in total. The second-order valence-corrected chi connectivity index (χ2v) is 7.74. The lowest BCUT2D eigenvalue weighted by Crippen LogP contribution is -2.33. The molecule has 0 spiro atoms. The summed E-state index contributed by atoms with van der Waals surface area (Å²) < 4.78 is 83.2. The number of aryl methyl sites for hydroxylation is 1. The van der Waals surface area contributed by atoms with E-state index in [0.29, 0.717) is 5.56 Å². The van der Waals surface area contributed by atoms with Gasteiger partial charge in [0.2, 0.25) is 5.82 Å². The fourth-order valence-corrected chi connectivity index (χ4v) is 3.28. The molecule has 0 aliphatic rings. The van der Waals surface area contributed by atoms with Crippen LogP contribution in [0.1, 0.15) is 27.5 Å². The van der Waals surface area contributed by atoms with Crippen molar-refractivity contribution in [1.29, 1.82) is 0 Å². The summed E-state index contributed by atoms with van der Waals surface area (Å²) in [6, 6.07) is 12.0. The highest BCUT2D eigenvalue weighted by Crippen LogP contribution is 2.33. The maximum absolute atomic E-state index is 13.3. The van der Waals surface area contributed by atoms with Crippen LogP contribution in [-0.4, -0.2) is 25.8 Å². The lowest BCUT2D eigenvalue weighted by atomic mass is 10.1. The number of nitrogens with zero attached hydrogens (tertiary/aromatic N) is 5.